The van der Waals surface area contributed by atoms with Gasteiger partial charge >= 0.3 is 0 Å². The van der Waals surface area contributed by atoms with Gasteiger partial charge in [0.2, 0.25) is 11.8 Å². The normalized spacial score (nSPS) is 22.4. The SMILES string of the molecule is CCC(=O)N1CCCC(C(=O)NCC(c2ccc(C)o2)N2CCOCC2)C1. The molecule has 0 aromatic carbocycles. The van der Waals surface area contributed by atoms with Crippen LogP contribution in [-0.2, 0) is 14.3 Å². The topological polar surface area (TPSA) is 75.0 Å². The fourth-order valence-corrected chi connectivity index (χ4v) is 3.91. The van der Waals surface area contributed by atoms with Gasteiger partial charge < -0.3 is 19.4 Å². The zero-order chi connectivity index (χ0) is 19.2. The maximum absolute atomic E-state index is 12.8. The second kappa shape index (κ2) is 9.37. The number of hydrogen-bond acceptors (Lipinski definition) is 5. The molecular formula is C20H31N3O4. The Morgan fingerprint density at radius 1 is 1.26 bits per heavy atom. The molecule has 1 aromatic rings. The Hall–Kier alpha value is -1.86. The summed E-state index contributed by atoms with van der Waals surface area (Å²) in [6.45, 7) is 8.62. The number of aryl methyl sites for hydroxylation is 1. The van der Waals surface area contributed by atoms with Crippen LogP contribution in [0.15, 0.2) is 16.5 Å². The maximum Gasteiger partial charge on any atom is 0.224 e. The number of carbonyl (C=O) groups excluding carboxylic acids is 2. The Labute approximate surface area is 161 Å². The van der Waals surface area contributed by atoms with Gasteiger partial charge in [-0.1, -0.05) is 6.92 Å². The van der Waals surface area contributed by atoms with Gasteiger partial charge in [-0.2, -0.15) is 0 Å². The lowest BCUT2D eigenvalue weighted by atomic mass is 9.96. The molecule has 27 heavy (non-hydrogen) atoms. The van der Waals surface area contributed by atoms with Crippen molar-refractivity contribution in [2.24, 2.45) is 5.92 Å². The van der Waals surface area contributed by atoms with Crippen molar-refractivity contribution in [2.45, 2.75) is 39.2 Å². The molecule has 2 amide bonds. The van der Waals surface area contributed by atoms with Gasteiger partial charge in [0.15, 0.2) is 0 Å². The number of morpholine rings is 1. The highest BCUT2D eigenvalue weighted by molar-refractivity contribution is 5.81. The number of hydrogen-bond donors (Lipinski definition) is 1. The van der Waals surface area contributed by atoms with E-state index in [1.54, 1.807) is 0 Å². The summed E-state index contributed by atoms with van der Waals surface area (Å²) in [6.07, 6.45) is 2.21. The second-order valence-electron chi connectivity index (χ2n) is 7.39. The lowest BCUT2D eigenvalue weighted by Crippen LogP contribution is -2.48. The molecular weight excluding hydrogens is 346 g/mol. The lowest BCUT2D eigenvalue weighted by molar-refractivity contribution is -0.135. The fraction of sp³-hybridized carbons (Fsp3) is 0.700. The molecule has 0 aliphatic carbocycles. The molecule has 0 bridgehead atoms. The standard InChI is InChI=1S/C20H31N3O4/c1-3-19(24)23-8-4-5-16(14-23)20(25)21-13-17(18-7-6-15(2)27-18)22-9-11-26-12-10-22/h6-7,16-17H,3-5,8-14H2,1-2H3,(H,21,25). The van der Waals surface area contributed by atoms with Crippen LogP contribution in [0.2, 0.25) is 0 Å². The van der Waals surface area contributed by atoms with Crippen LogP contribution >= 0.6 is 0 Å². The molecule has 1 aromatic heterocycles. The Morgan fingerprint density at radius 3 is 2.70 bits per heavy atom. The molecule has 2 fully saturated rings. The number of carbonyl (C=O) groups is 2. The average molecular weight is 377 g/mol. The summed E-state index contributed by atoms with van der Waals surface area (Å²) in [5.41, 5.74) is 0. The van der Waals surface area contributed by atoms with Crippen LogP contribution in [0.1, 0.15) is 43.7 Å². The molecule has 7 heteroatoms. The minimum atomic E-state index is -0.127. The summed E-state index contributed by atoms with van der Waals surface area (Å²) in [6, 6.07) is 3.95. The third-order valence-electron chi connectivity index (χ3n) is 5.49. The summed E-state index contributed by atoms with van der Waals surface area (Å²) < 4.78 is 11.3. The van der Waals surface area contributed by atoms with E-state index in [4.69, 9.17) is 9.15 Å². The minimum Gasteiger partial charge on any atom is -0.465 e. The molecule has 0 saturated carbocycles. The van der Waals surface area contributed by atoms with Crippen molar-refractivity contribution in [3.05, 3.63) is 23.7 Å². The molecule has 2 atom stereocenters. The quantitative estimate of drug-likeness (QED) is 0.817. The van der Waals surface area contributed by atoms with Crippen molar-refractivity contribution in [1.29, 1.82) is 0 Å². The Bertz CT molecular complexity index is 639. The Morgan fingerprint density at radius 2 is 2.04 bits per heavy atom. The van der Waals surface area contributed by atoms with Crippen LogP contribution in [0.4, 0.5) is 0 Å². The van der Waals surface area contributed by atoms with E-state index in [0.29, 0.717) is 32.7 Å². The number of ether oxygens (including phenoxy) is 1. The van der Waals surface area contributed by atoms with Crippen molar-refractivity contribution >= 4 is 11.8 Å². The van der Waals surface area contributed by atoms with Crippen LogP contribution < -0.4 is 5.32 Å². The van der Waals surface area contributed by atoms with Crippen LogP contribution in [-0.4, -0.2) is 67.6 Å². The van der Waals surface area contributed by atoms with Crippen molar-refractivity contribution in [2.75, 3.05) is 45.9 Å². The summed E-state index contributed by atoms with van der Waals surface area (Å²) in [5.74, 6) is 1.78. The number of nitrogens with one attached hydrogen (secondary N) is 1. The van der Waals surface area contributed by atoms with E-state index in [9.17, 15) is 9.59 Å². The van der Waals surface area contributed by atoms with Crippen molar-refractivity contribution in [1.82, 2.24) is 15.1 Å². The molecule has 2 saturated heterocycles. The highest BCUT2D eigenvalue weighted by Crippen LogP contribution is 2.24. The Kier molecular flexibility index (Phi) is 6.90. The summed E-state index contributed by atoms with van der Waals surface area (Å²) in [4.78, 5) is 28.8. The van der Waals surface area contributed by atoms with Crippen LogP contribution in [0.3, 0.4) is 0 Å². The third kappa shape index (κ3) is 5.11. The molecule has 150 valence electrons. The summed E-state index contributed by atoms with van der Waals surface area (Å²) in [5, 5.41) is 3.12. The Balaban J connectivity index is 1.60. The number of piperidine rings is 1. The zero-order valence-corrected chi connectivity index (χ0v) is 16.4. The molecule has 2 unspecified atom stereocenters. The molecule has 0 spiro atoms. The van der Waals surface area contributed by atoms with Gasteiger partial charge in [-0.05, 0) is 31.9 Å². The second-order valence-corrected chi connectivity index (χ2v) is 7.39. The molecule has 3 rings (SSSR count). The molecule has 3 heterocycles. The summed E-state index contributed by atoms with van der Waals surface area (Å²) in [7, 11) is 0. The summed E-state index contributed by atoms with van der Waals surface area (Å²) >= 11 is 0. The number of furan rings is 1. The number of rotatable bonds is 6. The van der Waals surface area contributed by atoms with Crippen molar-refractivity contribution < 1.29 is 18.7 Å². The van der Waals surface area contributed by atoms with E-state index in [1.807, 2.05) is 30.9 Å². The lowest BCUT2D eigenvalue weighted by Gasteiger charge is -2.35. The van der Waals surface area contributed by atoms with E-state index < -0.39 is 0 Å². The highest BCUT2D eigenvalue weighted by Gasteiger charge is 2.30. The predicted molar refractivity (Wildman–Crippen MR) is 101 cm³/mol. The van der Waals surface area contributed by atoms with E-state index in [1.165, 1.54) is 0 Å². The molecule has 2 aliphatic heterocycles. The monoisotopic (exact) mass is 377 g/mol. The smallest absolute Gasteiger partial charge is 0.224 e. The largest absolute Gasteiger partial charge is 0.465 e. The van der Waals surface area contributed by atoms with Crippen LogP contribution in [0.25, 0.3) is 0 Å². The van der Waals surface area contributed by atoms with E-state index >= 15 is 0 Å². The zero-order valence-electron chi connectivity index (χ0n) is 16.4. The van der Waals surface area contributed by atoms with Gasteiger partial charge in [0.05, 0.1) is 25.2 Å². The van der Waals surface area contributed by atoms with Crippen LogP contribution in [0, 0.1) is 12.8 Å². The number of likely N-dealkylation sites (tertiary alicyclic amines) is 1. The fourth-order valence-electron chi connectivity index (χ4n) is 3.91. The van der Waals surface area contributed by atoms with Gasteiger partial charge in [-0.15, -0.1) is 0 Å². The van der Waals surface area contributed by atoms with Gasteiger partial charge in [0.25, 0.3) is 0 Å². The molecule has 7 nitrogen and oxygen atoms in total. The van der Waals surface area contributed by atoms with E-state index in [0.717, 1.165) is 44.0 Å². The third-order valence-corrected chi connectivity index (χ3v) is 5.49. The van der Waals surface area contributed by atoms with E-state index in [-0.39, 0.29) is 23.8 Å². The average Bonchev–Trinajstić information content (AvgIpc) is 3.14. The van der Waals surface area contributed by atoms with Gasteiger partial charge in [-0.25, -0.2) is 0 Å². The van der Waals surface area contributed by atoms with Crippen LogP contribution in [0.5, 0.6) is 0 Å². The first-order valence-corrected chi connectivity index (χ1v) is 10.0. The predicted octanol–water partition coefficient (Wildman–Crippen LogP) is 1.73. The highest BCUT2D eigenvalue weighted by atomic mass is 16.5. The molecule has 1 N–H and O–H groups in total. The number of amides is 2. The molecule has 2 aliphatic rings. The number of nitrogens with zero attached hydrogens (tertiary/aromatic N) is 2. The van der Waals surface area contributed by atoms with Crippen molar-refractivity contribution in [3.8, 4) is 0 Å². The minimum absolute atomic E-state index is 0.00326. The van der Waals surface area contributed by atoms with Crippen molar-refractivity contribution in [3.63, 3.8) is 0 Å². The first-order valence-electron chi connectivity index (χ1n) is 10.0. The van der Waals surface area contributed by atoms with E-state index in [2.05, 4.69) is 10.2 Å². The maximum atomic E-state index is 12.8. The van der Waals surface area contributed by atoms with Gasteiger partial charge in [0, 0.05) is 39.1 Å². The first kappa shape index (κ1) is 19.9. The van der Waals surface area contributed by atoms with Gasteiger partial charge in [-0.3, -0.25) is 14.5 Å². The first-order chi connectivity index (χ1) is 13.1. The molecule has 0 radical (unpaired) electrons. The van der Waals surface area contributed by atoms with Gasteiger partial charge in [0.1, 0.15) is 11.5 Å².